The Balaban J connectivity index is 2.08. The highest BCUT2D eigenvalue weighted by Crippen LogP contribution is 2.35. The zero-order valence-electron chi connectivity index (χ0n) is 21.3. The van der Waals surface area contributed by atoms with Crippen LogP contribution in [0.1, 0.15) is 42.0 Å². The molecule has 0 spiro atoms. The Morgan fingerprint density at radius 2 is 1.68 bits per heavy atom. The van der Waals surface area contributed by atoms with E-state index in [0.717, 1.165) is 0 Å². The molecule has 0 saturated heterocycles. The van der Waals surface area contributed by atoms with E-state index in [4.69, 9.17) is 21.1 Å². The van der Waals surface area contributed by atoms with E-state index >= 15 is 0 Å². The third-order valence-electron chi connectivity index (χ3n) is 5.25. The van der Waals surface area contributed by atoms with Crippen LogP contribution >= 0.6 is 22.9 Å². The largest absolute Gasteiger partial charge is 0.493 e. The number of carbonyl (C=O) groups excluding carboxylic acids is 3. The molecule has 0 aliphatic rings. The molecule has 0 bridgehead atoms. The Morgan fingerprint density at radius 3 is 2.24 bits per heavy atom. The van der Waals surface area contributed by atoms with Crippen molar-refractivity contribution in [2.75, 3.05) is 25.7 Å². The molecule has 3 aromatic rings. The summed E-state index contributed by atoms with van der Waals surface area (Å²) in [4.78, 5) is 41.8. The molecule has 8 nitrogen and oxygen atoms in total. The van der Waals surface area contributed by atoms with Crippen LogP contribution in [-0.2, 0) is 9.59 Å². The van der Waals surface area contributed by atoms with Gasteiger partial charge in [-0.05, 0) is 74.2 Å². The lowest BCUT2D eigenvalue weighted by atomic mass is 10.00. The topological polar surface area (TPSA) is 97.0 Å². The van der Waals surface area contributed by atoms with Gasteiger partial charge in [0.15, 0.2) is 11.5 Å². The fraction of sp³-hybridized carbons (Fsp3) is 0.296. The second-order valence-electron chi connectivity index (χ2n) is 9.16. The number of hydrogen-bond donors (Lipinski definition) is 2. The van der Waals surface area contributed by atoms with Gasteiger partial charge in [0.2, 0.25) is 11.8 Å². The fourth-order valence-electron chi connectivity index (χ4n) is 3.65. The van der Waals surface area contributed by atoms with Gasteiger partial charge in [0.05, 0.1) is 25.6 Å². The first-order chi connectivity index (χ1) is 17.5. The summed E-state index contributed by atoms with van der Waals surface area (Å²) < 4.78 is 10.8. The first-order valence-electron chi connectivity index (χ1n) is 11.5. The lowest BCUT2D eigenvalue weighted by Gasteiger charge is -2.34. The van der Waals surface area contributed by atoms with Gasteiger partial charge in [0.1, 0.15) is 6.04 Å². The lowest BCUT2D eigenvalue weighted by molar-refractivity contribution is -0.127. The highest BCUT2D eigenvalue weighted by Gasteiger charge is 2.35. The van der Waals surface area contributed by atoms with Crippen molar-refractivity contribution in [3.05, 3.63) is 75.4 Å². The van der Waals surface area contributed by atoms with Gasteiger partial charge in [-0.3, -0.25) is 19.3 Å². The standard InChI is InChI=1S/C27H30ClN3O5S/c1-27(2,3)30-26(34)24(17-8-13-20(35-4)21(15-17)36-5)31(19-11-9-18(28)10-12-19)23(32)16-29-25(33)22-7-6-14-37-22/h6-15,24H,16H2,1-5H3,(H,29,33)(H,30,34)/t24-/m0/s1. The number of nitrogens with zero attached hydrogens (tertiary/aromatic N) is 1. The number of carbonyl (C=O) groups is 3. The number of thiophene rings is 1. The number of methoxy groups -OCH3 is 2. The summed E-state index contributed by atoms with van der Waals surface area (Å²) in [6.45, 7) is 5.23. The van der Waals surface area contributed by atoms with Crippen molar-refractivity contribution in [1.82, 2.24) is 10.6 Å². The van der Waals surface area contributed by atoms with Crippen molar-refractivity contribution in [2.24, 2.45) is 0 Å². The van der Waals surface area contributed by atoms with Crippen LogP contribution < -0.4 is 25.0 Å². The predicted molar refractivity (Wildman–Crippen MR) is 146 cm³/mol. The number of amides is 3. The van der Waals surface area contributed by atoms with Crippen LogP contribution in [0.15, 0.2) is 60.0 Å². The Labute approximate surface area is 225 Å². The average molecular weight is 544 g/mol. The predicted octanol–water partition coefficient (Wildman–Crippen LogP) is 4.84. The van der Waals surface area contributed by atoms with Crippen LogP contribution in [0.3, 0.4) is 0 Å². The van der Waals surface area contributed by atoms with Gasteiger partial charge in [-0.2, -0.15) is 0 Å². The van der Waals surface area contributed by atoms with E-state index in [1.54, 1.807) is 60.0 Å². The number of anilines is 1. The first-order valence-corrected chi connectivity index (χ1v) is 12.7. The van der Waals surface area contributed by atoms with Crippen molar-refractivity contribution < 1.29 is 23.9 Å². The van der Waals surface area contributed by atoms with Crippen molar-refractivity contribution >= 4 is 46.3 Å². The highest BCUT2D eigenvalue weighted by atomic mass is 35.5. The highest BCUT2D eigenvalue weighted by molar-refractivity contribution is 7.12. The van der Waals surface area contributed by atoms with Crippen LogP contribution in [0, 0.1) is 0 Å². The van der Waals surface area contributed by atoms with Crippen LogP contribution in [-0.4, -0.2) is 44.0 Å². The quantitative estimate of drug-likeness (QED) is 0.402. The van der Waals surface area contributed by atoms with Gasteiger partial charge in [-0.15, -0.1) is 11.3 Å². The third-order valence-corrected chi connectivity index (χ3v) is 6.37. The van der Waals surface area contributed by atoms with E-state index in [2.05, 4.69) is 10.6 Å². The van der Waals surface area contributed by atoms with E-state index in [1.165, 1.54) is 30.5 Å². The lowest BCUT2D eigenvalue weighted by Crippen LogP contribution is -2.51. The molecule has 37 heavy (non-hydrogen) atoms. The molecule has 0 aliphatic carbocycles. The zero-order chi connectivity index (χ0) is 27.2. The Bertz CT molecular complexity index is 1240. The van der Waals surface area contributed by atoms with E-state index in [0.29, 0.717) is 32.6 Å². The molecule has 196 valence electrons. The minimum atomic E-state index is -1.09. The van der Waals surface area contributed by atoms with Gasteiger partial charge >= 0.3 is 0 Å². The molecule has 0 saturated carbocycles. The molecule has 10 heteroatoms. The maximum atomic E-state index is 13.7. The van der Waals surface area contributed by atoms with Crippen molar-refractivity contribution in [2.45, 2.75) is 32.4 Å². The molecule has 2 aromatic carbocycles. The van der Waals surface area contributed by atoms with Gasteiger partial charge in [0, 0.05) is 16.2 Å². The molecule has 0 aliphatic heterocycles. The van der Waals surface area contributed by atoms with Gasteiger partial charge < -0.3 is 20.1 Å². The number of rotatable bonds is 9. The molecule has 0 radical (unpaired) electrons. The normalized spacial score (nSPS) is 11.8. The molecular formula is C27H30ClN3O5S. The van der Waals surface area contributed by atoms with Gasteiger partial charge in [-0.25, -0.2) is 0 Å². The third kappa shape index (κ3) is 7.24. The monoisotopic (exact) mass is 543 g/mol. The molecule has 0 fully saturated rings. The number of nitrogens with one attached hydrogen (secondary N) is 2. The molecule has 1 atom stereocenters. The second kappa shape index (κ2) is 12.1. The van der Waals surface area contributed by atoms with E-state index in [1.807, 2.05) is 20.8 Å². The molecule has 3 amide bonds. The summed E-state index contributed by atoms with van der Waals surface area (Å²) in [5, 5.41) is 7.88. The number of hydrogen-bond acceptors (Lipinski definition) is 6. The molecule has 1 aromatic heterocycles. The number of benzene rings is 2. The molecular weight excluding hydrogens is 514 g/mol. The smallest absolute Gasteiger partial charge is 0.261 e. The van der Waals surface area contributed by atoms with Crippen LogP contribution in [0.2, 0.25) is 5.02 Å². The maximum Gasteiger partial charge on any atom is 0.261 e. The van der Waals surface area contributed by atoms with Crippen molar-refractivity contribution in [3.8, 4) is 11.5 Å². The fourth-order valence-corrected chi connectivity index (χ4v) is 4.42. The Kier molecular flexibility index (Phi) is 9.18. The zero-order valence-corrected chi connectivity index (χ0v) is 22.9. The van der Waals surface area contributed by atoms with Gasteiger partial charge in [0.25, 0.3) is 5.91 Å². The summed E-state index contributed by atoms with van der Waals surface area (Å²) in [6.07, 6.45) is 0. The molecule has 3 rings (SSSR count). The Morgan fingerprint density at radius 1 is 1.00 bits per heavy atom. The molecule has 0 unspecified atom stereocenters. The average Bonchev–Trinajstić information content (AvgIpc) is 3.40. The molecule has 1 heterocycles. The summed E-state index contributed by atoms with van der Waals surface area (Å²) in [5.41, 5.74) is 0.351. The van der Waals surface area contributed by atoms with Crippen LogP contribution in [0.25, 0.3) is 0 Å². The SMILES string of the molecule is COc1ccc([C@@H](C(=O)NC(C)(C)C)N(C(=O)CNC(=O)c2cccs2)c2ccc(Cl)cc2)cc1OC. The van der Waals surface area contributed by atoms with E-state index in [9.17, 15) is 14.4 Å². The van der Waals surface area contributed by atoms with Crippen LogP contribution in [0.4, 0.5) is 5.69 Å². The summed E-state index contributed by atoms with van der Waals surface area (Å²) in [5.74, 6) is -0.387. The first kappa shape index (κ1) is 28.0. The van der Waals surface area contributed by atoms with Gasteiger partial charge in [-0.1, -0.05) is 23.7 Å². The number of halogens is 1. The van der Waals surface area contributed by atoms with Crippen LogP contribution in [0.5, 0.6) is 11.5 Å². The van der Waals surface area contributed by atoms with Crippen molar-refractivity contribution in [1.29, 1.82) is 0 Å². The second-order valence-corrected chi connectivity index (χ2v) is 10.5. The summed E-state index contributed by atoms with van der Waals surface area (Å²) in [7, 11) is 3.01. The van der Waals surface area contributed by atoms with E-state index in [-0.39, 0.29) is 12.5 Å². The minimum absolute atomic E-state index is 0.327. The number of ether oxygens (including phenoxy) is 2. The molecule has 2 N–H and O–H groups in total. The Hall–Kier alpha value is -3.56. The van der Waals surface area contributed by atoms with Crippen molar-refractivity contribution in [3.63, 3.8) is 0 Å². The summed E-state index contributed by atoms with van der Waals surface area (Å²) in [6, 6.07) is 13.9. The summed E-state index contributed by atoms with van der Waals surface area (Å²) >= 11 is 7.38. The van der Waals surface area contributed by atoms with E-state index < -0.39 is 23.4 Å². The maximum absolute atomic E-state index is 13.7. The minimum Gasteiger partial charge on any atom is -0.493 e.